The molecule has 0 bridgehead atoms. The third-order valence-corrected chi connectivity index (χ3v) is 1.30. The van der Waals surface area contributed by atoms with E-state index in [0.29, 0.717) is 5.69 Å². The second-order valence-corrected chi connectivity index (χ2v) is 2.11. The molecule has 4 heteroatoms. The van der Waals surface area contributed by atoms with Gasteiger partial charge < -0.3 is 5.11 Å². The van der Waals surface area contributed by atoms with Crippen LogP contribution in [0.5, 0.6) is 0 Å². The minimum Gasteiger partial charge on any atom is -0.472 e. The van der Waals surface area contributed by atoms with Crippen LogP contribution in [0.25, 0.3) is 0 Å². The van der Waals surface area contributed by atoms with E-state index in [1.807, 2.05) is 5.92 Å². The molecule has 0 radical (unpaired) electrons. The van der Waals surface area contributed by atoms with Crippen molar-refractivity contribution in [2.45, 2.75) is 0 Å². The Kier molecular flexibility index (Phi) is 2.03. The number of carbonyl (C=O) groups is 1. The lowest BCUT2D eigenvalue weighted by Crippen LogP contribution is -1.86. The van der Waals surface area contributed by atoms with Crippen molar-refractivity contribution in [1.29, 1.82) is 0 Å². The van der Waals surface area contributed by atoms with Crippen LogP contribution >= 0.6 is 11.5 Å². The van der Waals surface area contributed by atoms with Crippen LogP contribution < -0.4 is 0 Å². The highest BCUT2D eigenvalue weighted by Gasteiger charge is 1.87. The number of aliphatic carboxylic acids is 1. The van der Waals surface area contributed by atoms with Crippen molar-refractivity contribution >= 4 is 17.5 Å². The predicted octanol–water partition coefficient (Wildman–Crippen LogP) is 0.579. The summed E-state index contributed by atoms with van der Waals surface area (Å²) in [4.78, 5) is 9.90. The lowest BCUT2D eigenvalue weighted by atomic mass is 10.4. The van der Waals surface area contributed by atoms with E-state index < -0.39 is 5.97 Å². The van der Waals surface area contributed by atoms with Gasteiger partial charge in [0.15, 0.2) is 0 Å². The third-order valence-electron chi connectivity index (χ3n) is 0.735. The predicted molar refractivity (Wildman–Crippen MR) is 36.6 cm³/mol. The van der Waals surface area contributed by atoms with Crippen molar-refractivity contribution < 1.29 is 9.90 Å². The minimum atomic E-state index is -1.13. The van der Waals surface area contributed by atoms with Gasteiger partial charge in [-0.1, -0.05) is 0 Å². The van der Waals surface area contributed by atoms with Gasteiger partial charge in [0.05, 0.1) is 0 Å². The van der Waals surface area contributed by atoms with Crippen LogP contribution in [0.1, 0.15) is 5.69 Å². The fourth-order valence-electron chi connectivity index (χ4n) is 0.395. The molecule has 1 N–H and O–H groups in total. The first-order chi connectivity index (χ1) is 4.79. The summed E-state index contributed by atoms with van der Waals surface area (Å²) in [7, 11) is 0. The summed E-state index contributed by atoms with van der Waals surface area (Å²) in [5.41, 5.74) is 0.507. The van der Waals surface area contributed by atoms with E-state index >= 15 is 0 Å². The van der Waals surface area contributed by atoms with E-state index in [4.69, 9.17) is 5.11 Å². The molecule has 0 unspecified atom stereocenters. The zero-order chi connectivity index (χ0) is 7.40. The van der Waals surface area contributed by atoms with Gasteiger partial charge in [0, 0.05) is 11.3 Å². The largest absolute Gasteiger partial charge is 0.472 e. The Morgan fingerprint density at radius 2 is 2.60 bits per heavy atom. The molecule has 0 fully saturated rings. The average Bonchev–Trinajstić information content (AvgIpc) is 2.34. The number of hydrogen-bond acceptors (Lipinski definition) is 3. The number of hydrogen-bond donors (Lipinski definition) is 1. The van der Waals surface area contributed by atoms with Crippen LogP contribution in [0.15, 0.2) is 11.4 Å². The number of aromatic nitrogens is 1. The maximum Gasteiger partial charge on any atom is 0.382 e. The van der Waals surface area contributed by atoms with Crippen LogP contribution in [0.3, 0.4) is 0 Å². The van der Waals surface area contributed by atoms with E-state index in [0.717, 1.165) is 0 Å². The number of rotatable bonds is 0. The molecule has 1 aromatic rings. The van der Waals surface area contributed by atoms with Crippen LogP contribution in [0.2, 0.25) is 0 Å². The summed E-state index contributed by atoms with van der Waals surface area (Å²) in [6.07, 6.45) is 0. The molecule has 0 spiro atoms. The molecular formula is C6H3NO2S. The molecule has 0 amide bonds. The molecule has 0 aliphatic rings. The van der Waals surface area contributed by atoms with Crippen molar-refractivity contribution in [3.05, 3.63) is 17.1 Å². The first-order valence-corrected chi connectivity index (χ1v) is 3.28. The minimum absolute atomic E-state index is 0.507. The maximum absolute atomic E-state index is 9.90. The molecule has 3 nitrogen and oxygen atoms in total. The summed E-state index contributed by atoms with van der Waals surface area (Å²) in [6.45, 7) is 0. The average molecular weight is 153 g/mol. The summed E-state index contributed by atoms with van der Waals surface area (Å²) in [5, 5.41) is 9.86. The molecule has 0 saturated heterocycles. The Labute approximate surface area is 61.5 Å². The van der Waals surface area contributed by atoms with Crippen molar-refractivity contribution in [3.8, 4) is 11.8 Å². The molecule has 1 rings (SSSR count). The van der Waals surface area contributed by atoms with E-state index in [2.05, 4.69) is 10.3 Å². The first-order valence-electron chi connectivity index (χ1n) is 2.44. The monoisotopic (exact) mass is 153 g/mol. The van der Waals surface area contributed by atoms with Gasteiger partial charge in [-0.25, -0.2) is 4.79 Å². The van der Waals surface area contributed by atoms with Crippen molar-refractivity contribution in [2.75, 3.05) is 0 Å². The Morgan fingerprint density at radius 3 is 3.10 bits per heavy atom. The van der Waals surface area contributed by atoms with Gasteiger partial charge in [0.1, 0.15) is 5.69 Å². The molecular weight excluding hydrogens is 150 g/mol. The smallest absolute Gasteiger partial charge is 0.382 e. The highest BCUT2D eigenvalue weighted by atomic mass is 32.1. The summed E-state index contributed by atoms with van der Waals surface area (Å²) >= 11 is 1.25. The van der Waals surface area contributed by atoms with Crippen LogP contribution in [-0.2, 0) is 4.79 Å². The van der Waals surface area contributed by atoms with Crippen molar-refractivity contribution in [3.63, 3.8) is 0 Å². The van der Waals surface area contributed by atoms with Crippen molar-refractivity contribution in [2.24, 2.45) is 0 Å². The zero-order valence-corrected chi connectivity index (χ0v) is 5.68. The summed E-state index contributed by atoms with van der Waals surface area (Å²) in [5.74, 6) is 3.20. The van der Waals surface area contributed by atoms with Gasteiger partial charge in [0.2, 0.25) is 0 Å². The molecule has 1 aromatic heterocycles. The molecule has 0 aliphatic carbocycles. The van der Waals surface area contributed by atoms with Gasteiger partial charge in [0.25, 0.3) is 0 Å². The lowest BCUT2D eigenvalue weighted by Gasteiger charge is -1.71. The SMILES string of the molecule is O=C(O)C#Cc1ccsn1. The molecule has 50 valence electrons. The van der Waals surface area contributed by atoms with Gasteiger partial charge >= 0.3 is 5.97 Å². The molecule has 0 saturated carbocycles. The Hall–Kier alpha value is -1.34. The molecule has 0 atom stereocenters. The van der Waals surface area contributed by atoms with Gasteiger partial charge in [-0.15, -0.1) is 0 Å². The van der Waals surface area contributed by atoms with Crippen LogP contribution in [0, 0.1) is 11.8 Å². The van der Waals surface area contributed by atoms with E-state index in [9.17, 15) is 4.79 Å². The van der Waals surface area contributed by atoms with E-state index in [1.54, 1.807) is 11.4 Å². The summed E-state index contributed by atoms with van der Waals surface area (Å²) in [6, 6.07) is 1.67. The quantitative estimate of drug-likeness (QED) is 0.554. The Bertz CT molecular complexity index is 280. The maximum atomic E-state index is 9.90. The van der Waals surface area contributed by atoms with Gasteiger partial charge in [-0.2, -0.15) is 4.37 Å². The highest BCUT2D eigenvalue weighted by molar-refractivity contribution is 7.03. The Balaban J connectivity index is 2.75. The second-order valence-electron chi connectivity index (χ2n) is 1.44. The van der Waals surface area contributed by atoms with Crippen LogP contribution in [0.4, 0.5) is 0 Å². The Morgan fingerprint density at radius 1 is 1.80 bits per heavy atom. The molecule has 10 heavy (non-hydrogen) atoms. The molecule has 1 heterocycles. The van der Waals surface area contributed by atoms with Gasteiger partial charge in [-0.3, -0.25) is 0 Å². The standard InChI is InChI=1S/C6H3NO2S/c8-6(9)2-1-5-3-4-10-7-5/h3-4H,(H,8,9). The third kappa shape index (κ3) is 1.88. The fraction of sp³-hybridized carbons (Fsp3) is 0. The number of nitrogens with zero attached hydrogens (tertiary/aromatic N) is 1. The highest BCUT2D eigenvalue weighted by Crippen LogP contribution is 1.95. The first kappa shape index (κ1) is 6.78. The second kappa shape index (κ2) is 2.99. The fourth-order valence-corrected chi connectivity index (χ4v) is 0.865. The summed E-state index contributed by atoms with van der Waals surface area (Å²) < 4.78 is 3.79. The normalized spacial score (nSPS) is 8.00. The van der Waals surface area contributed by atoms with Gasteiger partial charge in [-0.05, 0) is 23.5 Å². The number of carboxylic acids is 1. The lowest BCUT2D eigenvalue weighted by molar-refractivity contribution is -0.130. The van der Waals surface area contributed by atoms with E-state index in [-0.39, 0.29) is 0 Å². The molecule has 0 aliphatic heterocycles. The number of carboxylic acid groups (broad SMARTS) is 1. The van der Waals surface area contributed by atoms with Crippen molar-refractivity contribution in [1.82, 2.24) is 4.37 Å². The van der Waals surface area contributed by atoms with Crippen LogP contribution in [-0.4, -0.2) is 15.4 Å². The topological polar surface area (TPSA) is 50.2 Å². The van der Waals surface area contributed by atoms with E-state index in [1.165, 1.54) is 11.5 Å². The molecule has 0 aromatic carbocycles. The zero-order valence-electron chi connectivity index (χ0n) is 4.87.